The van der Waals surface area contributed by atoms with E-state index in [9.17, 15) is 0 Å². The van der Waals surface area contributed by atoms with Crippen molar-refractivity contribution in [3.05, 3.63) is 71.8 Å². The van der Waals surface area contributed by atoms with Gasteiger partial charge in [0.15, 0.2) is 0 Å². The number of nitrogens with zero attached hydrogens (tertiary/aromatic N) is 5. The fourth-order valence-corrected chi connectivity index (χ4v) is 4.18. The third-order valence-corrected chi connectivity index (χ3v) is 6.01. The average molecular weight is 386 g/mol. The molecule has 0 aliphatic carbocycles. The lowest BCUT2D eigenvalue weighted by Gasteiger charge is -2.34. The molecule has 5 nitrogen and oxygen atoms in total. The molecule has 0 atom stereocenters. The summed E-state index contributed by atoms with van der Waals surface area (Å²) in [7, 11) is 2.18. The van der Waals surface area contributed by atoms with Gasteiger partial charge in [-0.3, -0.25) is 0 Å². The minimum absolute atomic E-state index is 0.855. The lowest BCUT2D eigenvalue weighted by atomic mass is 10.00. The number of hydrogen-bond donors (Lipinski definition) is 0. The zero-order valence-electron chi connectivity index (χ0n) is 17.0. The summed E-state index contributed by atoms with van der Waals surface area (Å²) in [5, 5.41) is 0. The zero-order valence-corrected chi connectivity index (χ0v) is 17.0. The fraction of sp³-hybridized carbons (Fsp3) is 0.333. The van der Waals surface area contributed by atoms with Gasteiger partial charge in [-0.1, -0.05) is 54.6 Å². The van der Waals surface area contributed by atoms with Crippen molar-refractivity contribution < 1.29 is 0 Å². The molecule has 0 spiro atoms. The number of fused-ring (bicyclic) bond motifs is 1. The number of rotatable bonds is 3. The normalized spacial score (nSPS) is 17.3. The van der Waals surface area contributed by atoms with Crippen molar-refractivity contribution in [3.8, 4) is 11.3 Å². The van der Waals surface area contributed by atoms with E-state index in [1.807, 2.05) is 0 Å². The maximum absolute atomic E-state index is 5.03. The second-order valence-corrected chi connectivity index (χ2v) is 8.01. The standard InChI is InChI=1S/C24H27N5/c1-27-13-15-28(16-14-27)24-25-22(20-8-3-2-4-9-20)17-23(26-24)29-12-11-19-7-5-6-10-21(19)18-29/h2-10,17H,11-16,18H2,1H3. The molecule has 5 rings (SSSR count). The minimum Gasteiger partial charge on any atom is -0.352 e. The Hall–Kier alpha value is -2.92. The van der Waals surface area contributed by atoms with E-state index in [2.05, 4.69) is 82.4 Å². The minimum atomic E-state index is 0.855. The van der Waals surface area contributed by atoms with Crippen LogP contribution in [-0.4, -0.2) is 54.6 Å². The molecule has 5 heteroatoms. The van der Waals surface area contributed by atoms with Crippen molar-refractivity contribution in [3.63, 3.8) is 0 Å². The van der Waals surface area contributed by atoms with E-state index in [1.165, 1.54) is 11.1 Å². The number of anilines is 2. The Labute approximate surface area is 172 Å². The van der Waals surface area contributed by atoms with Crippen LogP contribution in [0.25, 0.3) is 11.3 Å². The van der Waals surface area contributed by atoms with Gasteiger partial charge in [-0.05, 0) is 24.6 Å². The predicted octanol–water partition coefficient (Wildman–Crippen LogP) is 3.46. The quantitative estimate of drug-likeness (QED) is 0.690. The van der Waals surface area contributed by atoms with Crippen LogP contribution in [0.4, 0.5) is 11.8 Å². The smallest absolute Gasteiger partial charge is 0.227 e. The molecule has 3 aromatic rings. The van der Waals surface area contributed by atoms with Gasteiger partial charge in [-0.25, -0.2) is 4.98 Å². The highest BCUT2D eigenvalue weighted by molar-refractivity contribution is 5.65. The predicted molar refractivity (Wildman–Crippen MR) is 118 cm³/mol. The monoisotopic (exact) mass is 385 g/mol. The molecule has 0 bridgehead atoms. The van der Waals surface area contributed by atoms with E-state index in [4.69, 9.17) is 9.97 Å². The van der Waals surface area contributed by atoms with Gasteiger partial charge in [-0.2, -0.15) is 4.98 Å². The number of benzene rings is 2. The van der Waals surface area contributed by atoms with E-state index in [0.29, 0.717) is 0 Å². The Morgan fingerprint density at radius 1 is 0.724 bits per heavy atom. The van der Waals surface area contributed by atoms with Gasteiger partial charge < -0.3 is 14.7 Å². The summed E-state index contributed by atoms with van der Waals surface area (Å²) in [4.78, 5) is 17.1. The lowest BCUT2D eigenvalue weighted by Crippen LogP contribution is -2.45. The second kappa shape index (κ2) is 7.84. The number of piperazine rings is 1. The molecule has 1 fully saturated rings. The van der Waals surface area contributed by atoms with E-state index in [1.54, 1.807) is 0 Å². The van der Waals surface area contributed by atoms with Crippen LogP contribution in [0.5, 0.6) is 0 Å². The molecule has 3 heterocycles. The maximum Gasteiger partial charge on any atom is 0.227 e. The van der Waals surface area contributed by atoms with Crippen molar-refractivity contribution in [1.29, 1.82) is 0 Å². The first-order chi connectivity index (χ1) is 14.3. The number of hydrogen-bond acceptors (Lipinski definition) is 5. The molecule has 148 valence electrons. The Morgan fingerprint density at radius 3 is 2.24 bits per heavy atom. The van der Waals surface area contributed by atoms with Crippen molar-refractivity contribution in [1.82, 2.24) is 14.9 Å². The van der Waals surface area contributed by atoms with Gasteiger partial charge in [0.05, 0.1) is 5.69 Å². The summed E-state index contributed by atoms with van der Waals surface area (Å²) in [6.07, 6.45) is 1.06. The highest BCUT2D eigenvalue weighted by atomic mass is 15.3. The van der Waals surface area contributed by atoms with Gasteiger partial charge in [0.1, 0.15) is 5.82 Å². The van der Waals surface area contributed by atoms with Crippen LogP contribution in [0.3, 0.4) is 0 Å². The van der Waals surface area contributed by atoms with Crippen LogP contribution < -0.4 is 9.80 Å². The van der Waals surface area contributed by atoms with Gasteiger partial charge in [-0.15, -0.1) is 0 Å². The molecule has 29 heavy (non-hydrogen) atoms. The SMILES string of the molecule is CN1CCN(c2nc(-c3ccccc3)cc(N3CCc4ccccc4C3)n2)CC1. The van der Waals surface area contributed by atoms with Crippen LogP contribution >= 0.6 is 0 Å². The van der Waals surface area contributed by atoms with Crippen LogP contribution in [-0.2, 0) is 13.0 Å². The van der Waals surface area contributed by atoms with Gasteiger partial charge in [0.2, 0.25) is 5.95 Å². The van der Waals surface area contributed by atoms with E-state index < -0.39 is 0 Å². The third kappa shape index (κ3) is 3.83. The van der Waals surface area contributed by atoms with Gasteiger partial charge in [0.25, 0.3) is 0 Å². The molecular weight excluding hydrogens is 358 g/mol. The second-order valence-electron chi connectivity index (χ2n) is 8.01. The molecule has 2 aromatic carbocycles. The first kappa shape index (κ1) is 18.1. The van der Waals surface area contributed by atoms with Crippen molar-refractivity contribution >= 4 is 11.8 Å². The topological polar surface area (TPSA) is 35.5 Å². The van der Waals surface area contributed by atoms with Crippen molar-refractivity contribution in [2.24, 2.45) is 0 Å². The van der Waals surface area contributed by atoms with E-state index >= 15 is 0 Å². The van der Waals surface area contributed by atoms with Crippen molar-refractivity contribution in [2.75, 3.05) is 49.6 Å². The largest absolute Gasteiger partial charge is 0.352 e. The molecule has 0 amide bonds. The third-order valence-electron chi connectivity index (χ3n) is 6.01. The molecule has 0 saturated carbocycles. The summed E-state index contributed by atoms with van der Waals surface area (Å²) >= 11 is 0. The summed E-state index contributed by atoms with van der Waals surface area (Å²) in [6, 6.07) is 21.4. The number of likely N-dealkylation sites (N-methyl/N-ethyl adjacent to an activating group) is 1. The van der Waals surface area contributed by atoms with Gasteiger partial charge in [0, 0.05) is 50.9 Å². The molecular formula is C24H27N5. The molecule has 2 aliphatic rings. The molecule has 0 N–H and O–H groups in total. The summed E-state index contributed by atoms with van der Waals surface area (Å²) in [5.74, 6) is 1.88. The molecule has 1 saturated heterocycles. The highest BCUT2D eigenvalue weighted by Gasteiger charge is 2.22. The van der Waals surface area contributed by atoms with Gasteiger partial charge >= 0.3 is 0 Å². The lowest BCUT2D eigenvalue weighted by molar-refractivity contribution is 0.311. The summed E-state index contributed by atoms with van der Waals surface area (Å²) in [6.45, 7) is 5.93. The number of aromatic nitrogens is 2. The Kier molecular flexibility index (Phi) is 4.90. The fourth-order valence-electron chi connectivity index (χ4n) is 4.18. The van der Waals surface area contributed by atoms with E-state index in [-0.39, 0.29) is 0 Å². The molecule has 0 unspecified atom stereocenters. The summed E-state index contributed by atoms with van der Waals surface area (Å²) in [5.41, 5.74) is 5.01. The van der Waals surface area contributed by atoms with Crippen LogP contribution in [0, 0.1) is 0 Å². The van der Waals surface area contributed by atoms with Crippen LogP contribution in [0.1, 0.15) is 11.1 Å². The van der Waals surface area contributed by atoms with E-state index in [0.717, 1.165) is 68.7 Å². The average Bonchev–Trinajstić information content (AvgIpc) is 2.79. The molecule has 0 radical (unpaired) electrons. The first-order valence-corrected chi connectivity index (χ1v) is 10.5. The summed E-state index contributed by atoms with van der Waals surface area (Å²) < 4.78 is 0. The van der Waals surface area contributed by atoms with Crippen LogP contribution in [0.15, 0.2) is 60.7 Å². The highest BCUT2D eigenvalue weighted by Crippen LogP contribution is 2.28. The Morgan fingerprint density at radius 2 is 1.45 bits per heavy atom. The maximum atomic E-state index is 5.03. The first-order valence-electron chi connectivity index (χ1n) is 10.5. The Balaban J connectivity index is 1.51. The Bertz CT molecular complexity index is 980. The molecule has 1 aromatic heterocycles. The zero-order chi connectivity index (χ0) is 19.6. The van der Waals surface area contributed by atoms with Crippen molar-refractivity contribution in [2.45, 2.75) is 13.0 Å². The van der Waals surface area contributed by atoms with Crippen LogP contribution in [0.2, 0.25) is 0 Å². The molecule has 2 aliphatic heterocycles.